The van der Waals surface area contributed by atoms with E-state index in [1.54, 1.807) is 6.08 Å². The summed E-state index contributed by atoms with van der Waals surface area (Å²) >= 11 is 0. The van der Waals surface area contributed by atoms with Crippen LogP contribution in [-0.2, 0) is 6.54 Å². The molecule has 1 rings (SSSR count). The van der Waals surface area contributed by atoms with Gasteiger partial charge in [0.05, 0.1) is 4.92 Å². The van der Waals surface area contributed by atoms with E-state index >= 15 is 0 Å². The second-order valence-corrected chi connectivity index (χ2v) is 2.95. The van der Waals surface area contributed by atoms with E-state index in [-0.39, 0.29) is 17.8 Å². The van der Waals surface area contributed by atoms with Crippen LogP contribution >= 0.6 is 0 Å². The molecular formula is C10H11FN2O2. The summed E-state index contributed by atoms with van der Waals surface area (Å²) in [4.78, 5) is 9.90. The minimum Gasteiger partial charge on any atom is -0.309 e. The lowest BCUT2D eigenvalue weighted by Crippen LogP contribution is -2.13. The van der Waals surface area contributed by atoms with E-state index in [0.29, 0.717) is 6.54 Å². The predicted molar refractivity (Wildman–Crippen MR) is 55.0 cm³/mol. The maximum Gasteiger partial charge on any atom is 0.269 e. The minimum absolute atomic E-state index is 0.105. The average molecular weight is 210 g/mol. The first-order valence-electron chi connectivity index (χ1n) is 4.39. The Balaban J connectivity index is 2.80. The molecule has 0 bridgehead atoms. The highest BCUT2D eigenvalue weighted by atomic mass is 19.1. The summed E-state index contributed by atoms with van der Waals surface area (Å²) in [5, 5.41) is 13.3. The standard InChI is InChI=1S/C10H11FN2O2/c1-2-5-12-7-8-6-9(13(14)15)3-4-10(8)11/h2-4,6,12H,1,5,7H2. The Labute approximate surface area is 86.6 Å². The maximum atomic E-state index is 13.2. The van der Waals surface area contributed by atoms with Crippen LogP contribution in [0.1, 0.15) is 5.56 Å². The Morgan fingerprint density at radius 2 is 2.33 bits per heavy atom. The van der Waals surface area contributed by atoms with Crippen LogP contribution in [-0.4, -0.2) is 11.5 Å². The van der Waals surface area contributed by atoms with Crippen LogP contribution in [0.2, 0.25) is 0 Å². The number of halogens is 1. The maximum absolute atomic E-state index is 13.2. The van der Waals surface area contributed by atoms with Crippen molar-refractivity contribution in [2.75, 3.05) is 6.54 Å². The van der Waals surface area contributed by atoms with Crippen LogP contribution in [0.4, 0.5) is 10.1 Å². The van der Waals surface area contributed by atoms with Gasteiger partial charge in [0.15, 0.2) is 0 Å². The Bertz CT molecular complexity index is 380. The zero-order valence-electron chi connectivity index (χ0n) is 8.07. The van der Waals surface area contributed by atoms with E-state index < -0.39 is 10.7 Å². The average Bonchev–Trinajstić information content (AvgIpc) is 2.20. The summed E-state index contributed by atoms with van der Waals surface area (Å²) in [7, 11) is 0. The predicted octanol–water partition coefficient (Wildman–Crippen LogP) is 2.01. The quantitative estimate of drug-likeness (QED) is 0.350. The molecule has 5 heteroatoms. The van der Waals surface area contributed by atoms with Gasteiger partial charge in [0.2, 0.25) is 0 Å². The van der Waals surface area contributed by atoms with Gasteiger partial charge in [-0.2, -0.15) is 0 Å². The summed E-state index contributed by atoms with van der Waals surface area (Å²) < 4.78 is 13.2. The molecule has 1 aromatic carbocycles. The van der Waals surface area contributed by atoms with Crippen LogP contribution in [0.25, 0.3) is 0 Å². The molecule has 0 heterocycles. The molecule has 0 radical (unpaired) electrons. The lowest BCUT2D eigenvalue weighted by molar-refractivity contribution is -0.385. The topological polar surface area (TPSA) is 55.2 Å². The normalized spacial score (nSPS) is 9.93. The lowest BCUT2D eigenvalue weighted by Gasteiger charge is -2.03. The SMILES string of the molecule is C=CCNCc1cc([N+](=O)[O-])ccc1F. The molecule has 0 aliphatic carbocycles. The number of non-ortho nitro benzene ring substituents is 1. The smallest absolute Gasteiger partial charge is 0.269 e. The highest BCUT2D eigenvalue weighted by molar-refractivity contribution is 5.35. The third-order valence-corrected chi connectivity index (χ3v) is 1.84. The zero-order valence-corrected chi connectivity index (χ0v) is 8.07. The summed E-state index contributed by atoms with van der Waals surface area (Å²) in [6, 6.07) is 3.47. The molecule has 15 heavy (non-hydrogen) atoms. The van der Waals surface area contributed by atoms with Gasteiger partial charge < -0.3 is 5.32 Å². The van der Waals surface area contributed by atoms with Gasteiger partial charge in [0.1, 0.15) is 5.82 Å². The highest BCUT2D eigenvalue weighted by Crippen LogP contribution is 2.16. The number of rotatable bonds is 5. The van der Waals surface area contributed by atoms with Crippen molar-refractivity contribution in [1.29, 1.82) is 0 Å². The van der Waals surface area contributed by atoms with E-state index in [0.717, 1.165) is 12.1 Å². The molecule has 80 valence electrons. The molecule has 0 saturated carbocycles. The van der Waals surface area contributed by atoms with Crippen molar-refractivity contribution < 1.29 is 9.31 Å². The first-order valence-corrected chi connectivity index (χ1v) is 4.39. The van der Waals surface area contributed by atoms with E-state index in [9.17, 15) is 14.5 Å². The van der Waals surface area contributed by atoms with Crippen LogP contribution in [0.3, 0.4) is 0 Å². The van der Waals surface area contributed by atoms with Crippen molar-refractivity contribution in [2.45, 2.75) is 6.54 Å². The van der Waals surface area contributed by atoms with Gasteiger partial charge >= 0.3 is 0 Å². The summed E-state index contributed by atoms with van der Waals surface area (Å²) in [6.07, 6.45) is 1.63. The Kier molecular flexibility index (Phi) is 3.93. The van der Waals surface area contributed by atoms with Crippen LogP contribution in [0, 0.1) is 15.9 Å². The van der Waals surface area contributed by atoms with Gasteiger partial charge in [-0.1, -0.05) is 6.08 Å². The van der Waals surface area contributed by atoms with Crippen LogP contribution < -0.4 is 5.32 Å². The van der Waals surface area contributed by atoms with Gasteiger partial charge in [-0.3, -0.25) is 10.1 Å². The first kappa shape index (κ1) is 11.3. The highest BCUT2D eigenvalue weighted by Gasteiger charge is 2.09. The fraction of sp³-hybridized carbons (Fsp3) is 0.200. The molecule has 0 aliphatic heterocycles. The second kappa shape index (κ2) is 5.21. The zero-order chi connectivity index (χ0) is 11.3. The molecule has 0 atom stereocenters. The summed E-state index contributed by atoms with van der Waals surface area (Å²) in [5.74, 6) is -0.447. The molecule has 0 spiro atoms. The summed E-state index contributed by atoms with van der Waals surface area (Å²) in [6.45, 7) is 4.28. The van der Waals surface area contributed by atoms with Crippen molar-refractivity contribution in [3.8, 4) is 0 Å². The molecule has 1 aromatic rings. The van der Waals surface area contributed by atoms with Crippen molar-refractivity contribution in [2.24, 2.45) is 0 Å². The number of nitrogens with zero attached hydrogens (tertiary/aromatic N) is 1. The monoisotopic (exact) mass is 210 g/mol. The molecule has 4 nitrogen and oxygen atoms in total. The number of hydrogen-bond acceptors (Lipinski definition) is 3. The number of benzene rings is 1. The molecule has 0 aliphatic rings. The number of hydrogen-bond donors (Lipinski definition) is 1. The van der Waals surface area contributed by atoms with Crippen molar-refractivity contribution in [1.82, 2.24) is 5.32 Å². The van der Waals surface area contributed by atoms with E-state index in [1.165, 1.54) is 6.07 Å². The fourth-order valence-electron chi connectivity index (χ4n) is 1.12. The molecule has 0 saturated heterocycles. The van der Waals surface area contributed by atoms with Gasteiger partial charge in [-0.05, 0) is 6.07 Å². The summed E-state index contributed by atoms with van der Waals surface area (Å²) in [5.41, 5.74) is 0.179. The van der Waals surface area contributed by atoms with Gasteiger partial charge in [-0.25, -0.2) is 4.39 Å². The Morgan fingerprint density at radius 1 is 1.60 bits per heavy atom. The largest absolute Gasteiger partial charge is 0.309 e. The van der Waals surface area contributed by atoms with E-state index in [2.05, 4.69) is 11.9 Å². The van der Waals surface area contributed by atoms with Gasteiger partial charge in [0, 0.05) is 30.8 Å². The molecule has 1 N–H and O–H groups in total. The molecule has 0 amide bonds. The van der Waals surface area contributed by atoms with Crippen molar-refractivity contribution >= 4 is 5.69 Å². The minimum atomic E-state index is -0.545. The lowest BCUT2D eigenvalue weighted by atomic mass is 10.2. The van der Waals surface area contributed by atoms with Crippen LogP contribution in [0.15, 0.2) is 30.9 Å². The number of nitrogens with one attached hydrogen (secondary N) is 1. The Hall–Kier alpha value is -1.75. The third kappa shape index (κ3) is 3.14. The number of nitro benzene ring substituents is 1. The molecular weight excluding hydrogens is 199 g/mol. The van der Waals surface area contributed by atoms with Crippen molar-refractivity contribution in [3.05, 3.63) is 52.3 Å². The second-order valence-electron chi connectivity index (χ2n) is 2.95. The van der Waals surface area contributed by atoms with E-state index in [4.69, 9.17) is 0 Å². The van der Waals surface area contributed by atoms with Crippen LogP contribution in [0.5, 0.6) is 0 Å². The molecule has 0 aromatic heterocycles. The third-order valence-electron chi connectivity index (χ3n) is 1.84. The van der Waals surface area contributed by atoms with Gasteiger partial charge in [0.25, 0.3) is 5.69 Å². The fourth-order valence-corrected chi connectivity index (χ4v) is 1.12. The van der Waals surface area contributed by atoms with Crippen molar-refractivity contribution in [3.63, 3.8) is 0 Å². The van der Waals surface area contributed by atoms with E-state index in [1.807, 2.05) is 0 Å². The first-order chi connectivity index (χ1) is 7.15. The molecule has 0 unspecified atom stereocenters. The Morgan fingerprint density at radius 3 is 2.93 bits per heavy atom. The molecule has 0 fully saturated rings. The number of nitro groups is 1. The van der Waals surface area contributed by atoms with Gasteiger partial charge in [-0.15, -0.1) is 6.58 Å².